The Balaban J connectivity index is 1.31. The number of carbonyl (C=O) groups is 2. The molecule has 2 amide bonds. The number of nitrogens with zero attached hydrogens (tertiary/aromatic N) is 4. The summed E-state index contributed by atoms with van der Waals surface area (Å²) in [5.74, 6) is 0.803. The molecule has 3 aliphatic heterocycles. The second-order valence-electron chi connectivity index (χ2n) is 9.67. The van der Waals surface area contributed by atoms with Gasteiger partial charge < -0.3 is 14.4 Å². The summed E-state index contributed by atoms with van der Waals surface area (Å²) >= 11 is 6.43. The van der Waals surface area contributed by atoms with Crippen LogP contribution < -0.4 is 4.74 Å². The Bertz CT molecular complexity index is 1010. The minimum absolute atomic E-state index is 0.00878. The average Bonchev–Trinajstić information content (AvgIpc) is 2.90. The molecule has 3 heterocycles. The maximum absolute atomic E-state index is 13.5. The smallest absolute Gasteiger partial charge is 0.247 e. The first-order valence-corrected chi connectivity index (χ1v) is 12.9. The number of carbonyl (C=O) groups excluding carboxylic acids is 2. The lowest BCUT2D eigenvalue weighted by Gasteiger charge is -2.42. The molecular formula is C26H33ClN4O4. The number of hydrogen-bond acceptors (Lipinski definition) is 6. The molecule has 8 nitrogen and oxygen atoms in total. The third-order valence-corrected chi connectivity index (χ3v) is 7.91. The minimum Gasteiger partial charge on any atom is -0.495 e. The molecule has 0 aromatic heterocycles. The SMILES string of the molecule is COc1ccc(C2=NN(C3CCN(C(=O)CN4CCOCC4)CC3)C(=O)C3CC=CCC23)cc1Cl. The molecule has 0 bridgehead atoms. The van der Waals surface area contributed by atoms with Gasteiger partial charge in [0.1, 0.15) is 5.75 Å². The molecule has 35 heavy (non-hydrogen) atoms. The Hall–Kier alpha value is -2.42. The van der Waals surface area contributed by atoms with Gasteiger partial charge in [-0.1, -0.05) is 23.8 Å². The highest BCUT2D eigenvalue weighted by molar-refractivity contribution is 6.32. The number of hydrogen-bond donors (Lipinski definition) is 0. The molecule has 4 aliphatic rings. The van der Waals surface area contributed by atoms with Crippen LogP contribution in [0.3, 0.4) is 0 Å². The first-order valence-electron chi connectivity index (χ1n) is 12.5. The van der Waals surface area contributed by atoms with Gasteiger partial charge in [0.25, 0.3) is 0 Å². The van der Waals surface area contributed by atoms with E-state index in [-0.39, 0.29) is 29.7 Å². The van der Waals surface area contributed by atoms with E-state index < -0.39 is 0 Å². The lowest BCUT2D eigenvalue weighted by atomic mass is 9.76. The number of methoxy groups -OCH3 is 1. The molecule has 1 aromatic rings. The van der Waals surface area contributed by atoms with Gasteiger partial charge in [-0.2, -0.15) is 5.10 Å². The van der Waals surface area contributed by atoms with Crippen LogP contribution in [0, 0.1) is 11.8 Å². The first kappa shape index (κ1) is 24.3. The number of piperidine rings is 1. The van der Waals surface area contributed by atoms with Crippen LogP contribution in [-0.4, -0.2) is 91.4 Å². The van der Waals surface area contributed by atoms with Crippen molar-refractivity contribution in [3.05, 3.63) is 40.9 Å². The monoisotopic (exact) mass is 500 g/mol. The molecule has 2 fully saturated rings. The third kappa shape index (κ3) is 5.10. The van der Waals surface area contributed by atoms with Gasteiger partial charge in [-0.05, 0) is 49.4 Å². The number of allylic oxidation sites excluding steroid dienone is 2. The predicted octanol–water partition coefficient (Wildman–Crippen LogP) is 2.80. The highest BCUT2D eigenvalue weighted by Crippen LogP contribution is 2.37. The summed E-state index contributed by atoms with van der Waals surface area (Å²) in [5, 5.41) is 7.20. The van der Waals surface area contributed by atoms with E-state index in [0.29, 0.717) is 43.6 Å². The first-order chi connectivity index (χ1) is 17.0. The van der Waals surface area contributed by atoms with Gasteiger partial charge in [-0.3, -0.25) is 14.5 Å². The molecule has 0 spiro atoms. The number of ether oxygens (including phenoxy) is 2. The summed E-state index contributed by atoms with van der Waals surface area (Å²) in [4.78, 5) is 30.4. The molecule has 0 saturated carbocycles. The summed E-state index contributed by atoms with van der Waals surface area (Å²) < 4.78 is 10.7. The van der Waals surface area contributed by atoms with Crippen LogP contribution in [0.1, 0.15) is 31.2 Å². The number of fused-ring (bicyclic) bond motifs is 1. The number of halogens is 1. The Labute approximate surface area is 211 Å². The summed E-state index contributed by atoms with van der Waals surface area (Å²) in [7, 11) is 1.60. The van der Waals surface area contributed by atoms with Crippen molar-refractivity contribution in [1.29, 1.82) is 0 Å². The number of rotatable bonds is 5. The zero-order valence-electron chi connectivity index (χ0n) is 20.2. The zero-order chi connectivity index (χ0) is 24.4. The standard InChI is InChI=1S/C26H33ClN4O4/c1-34-23-7-6-18(16-22(23)27)25-20-4-2-3-5-21(20)26(33)31(28-25)19-8-10-30(11-9-19)24(32)17-29-12-14-35-15-13-29/h2-3,6-7,16,19-21H,4-5,8-15,17H2,1H3. The van der Waals surface area contributed by atoms with Crippen LogP contribution in [0.4, 0.5) is 0 Å². The maximum Gasteiger partial charge on any atom is 0.247 e. The van der Waals surface area contributed by atoms with Gasteiger partial charge in [-0.15, -0.1) is 0 Å². The van der Waals surface area contributed by atoms with Gasteiger partial charge >= 0.3 is 0 Å². The predicted molar refractivity (Wildman–Crippen MR) is 134 cm³/mol. The Morgan fingerprint density at radius 3 is 2.51 bits per heavy atom. The third-order valence-electron chi connectivity index (χ3n) is 7.62. The highest BCUT2D eigenvalue weighted by Gasteiger charge is 2.43. The molecule has 0 radical (unpaired) electrons. The number of amides is 2. The average molecular weight is 501 g/mol. The molecule has 5 rings (SSSR count). The summed E-state index contributed by atoms with van der Waals surface area (Å²) in [6.07, 6.45) is 7.22. The fraction of sp³-hybridized carbons (Fsp3) is 0.577. The van der Waals surface area contributed by atoms with E-state index in [4.69, 9.17) is 26.2 Å². The van der Waals surface area contributed by atoms with Gasteiger partial charge in [0, 0.05) is 32.1 Å². The van der Waals surface area contributed by atoms with E-state index in [0.717, 1.165) is 50.0 Å². The van der Waals surface area contributed by atoms with E-state index >= 15 is 0 Å². The van der Waals surface area contributed by atoms with Crippen LogP contribution in [-0.2, 0) is 14.3 Å². The molecule has 9 heteroatoms. The number of hydrazone groups is 1. The van der Waals surface area contributed by atoms with Crippen LogP contribution >= 0.6 is 11.6 Å². The van der Waals surface area contributed by atoms with Crippen molar-refractivity contribution in [2.75, 3.05) is 53.0 Å². The Kier molecular flexibility index (Phi) is 7.41. The van der Waals surface area contributed by atoms with Crippen LogP contribution in [0.5, 0.6) is 5.75 Å². The second-order valence-corrected chi connectivity index (χ2v) is 10.1. The van der Waals surface area contributed by atoms with E-state index in [1.807, 2.05) is 23.1 Å². The van der Waals surface area contributed by atoms with Crippen molar-refractivity contribution in [3.8, 4) is 5.75 Å². The zero-order valence-corrected chi connectivity index (χ0v) is 21.0. The topological polar surface area (TPSA) is 74.7 Å². The fourth-order valence-electron chi connectivity index (χ4n) is 5.57. The van der Waals surface area contributed by atoms with Crippen molar-refractivity contribution in [3.63, 3.8) is 0 Å². The van der Waals surface area contributed by atoms with Gasteiger partial charge in [0.05, 0.1) is 49.6 Å². The van der Waals surface area contributed by atoms with Crippen molar-refractivity contribution < 1.29 is 19.1 Å². The van der Waals surface area contributed by atoms with Gasteiger partial charge in [0.15, 0.2) is 0 Å². The molecule has 1 aromatic carbocycles. The molecule has 2 atom stereocenters. The summed E-state index contributed by atoms with van der Waals surface area (Å²) in [6.45, 7) is 4.69. The number of benzene rings is 1. The van der Waals surface area contributed by atoms with Crippen molar-refractivity contribution in [1.82, 2.24) is 14.8 Å². The second kappa shape index (κ2) is 10.7. The van der Waals surface area contributed by atoms with Gasteiger partial charge in [0.2, 0.25) is 11.8 Å². The summed E-state index contributed by atoms with van der Waals surface area (Å²) in [5.41, 5.74) is 1.84. The Morgan fingerprint density at radius 1 is 1.11 bits per heavy atom. The lowest BCUT2D eigenvalue weighted by Crippen LogP contribution is -2.53. The highest BCUT2D eigenvalue weighted by atomic mass is 35.5. The van der Waals surface area contributed by atoms with E-state index in [1.54, 1.807) is 12.1 Å². The number of likely N-dealkylation sites (tertiary alicyclic amines) is 1. The normalized spacial score (nSPS) is 25.9. The Morgan fingerprint density at radius 2 is 1.83 bits per heavy atom. The molecule has 0 N–H and O–H groups in total. The van der Waals surface area contributed by atoms with Crippen LogP contribution in [0.15, 0.2) is 35.5 Å². The molecule has 1 aliphatic carbocycles. The van der Waals surface area contributed by atoms with Crippen molar-refractivity contribution in [2.24, 2.45) is 16.9 Å². The van der Waals surface area contributed by atoms with E-state index in [2.05, 4.69) is 17.1 Å². The van der Waals surface area contributed by atoms with E-state index in [1.165, 1.54) is 0 Å². The lowest BCUT2D eigenvalue weighted by molar-refractivity contribution is -0.142. The quantitative estimate of drug-likeness (QED) is 0.581. The molecule has 2 saturated heterocycles. The molecule has 2 unspecified atom stereocenters. The van der Waals surface area contributed by atoms with E-state index in [9.17, 15) is 9.59 Å². The van der Waals surface area contributed by atoms with Crippen molar-refractivity contribution >= 4 is 29.1 Å². The molecular weight excluding hydrogens is 468 g/mol. The van der Waals surface area contributed by atoms with Crippen molar-refractivity contribution in [2.45, 2.75) is 31.7 Å². The largest absolute Gasteiger partial charge is 0.495 e. The van der Waals surface area contributed by atoms with Crippen LogP contribution in [0.25, 0.3) is 0 Å². The fourth-order valence-corrected chi connectivity index (χ4v) is 5.83. The van der Waals surface area contributed by atoms with Gasteiger partial charge in [-0.25, -0.2) is 5.01 Å². The maximum atomic E-state index is 13.5. The molecule has 188 valence electrons. The summed E-state index contributed by atoms with van der Waals surface area (Å²) in [6, 6.07) is 5.70. The number of morpholine rings is 1. The van der Waals surface area contributed by atoms with Crippen LogP contribution in [0.2, 0.25) is 5.02 Å². The minimum atomic E-state index is -0.116.